The van der Waals surface area contributed by atoms with E-state index in [-0.39, 0.29) is 17.8 Å². The Kier molecular flexibility index (Phi) is 5.28. The predicted octanol–water partition coefficient (Wildman–Crippen LogP) is 4.51. The second-order valence-corrected chi connectivity index (χ2v) is 8.65. The van der Waals surface area contributed by atoms with Crippen molar-refractivity contribution in [1.29, 1.82) is 0 Å². The minimum absolute atomic E-state index is 0.135. The van der Waals surface area contributed by atoms with Crippen LogP contribution >= 0.6 is 0 Å². The molecular formula is C25H25FN6O. The number of fused-ring (bicyclic) bond motifs is 1. The monoisotopic (exact) mass is 444 g/mol. The van der Waals surface area contributed by atoms with Crippen molar-refractivity contribution < 1.29 is 9.18 Å². The molecule has 1 N–H and O–H groups in total. The van der Waals surface area contributed by atoms with E-state index in [0.717, 1.165) is 40.6 Å². The van der Waals surface area contributed by atoms with Crippen LogP contribution in [0.4, 0.5) is 10.3 Å². The predicted molar refractivity (Wildman–Crippen MR) is 126 cm³/mol. The van der Waals surface area contributed by atoms with E-state index in [9.17, 15) is 9.18 Å². The van der Waals surface area contributed by atoms with Gasteiger partial charge in [-0.1, -0.05) is 23.8 Å². The number of nitrogens with one attached hydrogen (secondary N) is 1. The topological polar surface area (TPSA) is 78.0 Å². The SMILES string of the molecule is Cc1ccc2[nH]nc(C(=O)N3CCC[C@@H]3c3nc(N(C)C)ncc3-c3cccc(F)c3)c2c1. The molecule has 1 fully saturated rings. The number of carbonyl (C=O) groups excluding carboxylic acids is 1. The highest BCUT2D eigenvalue weighted by Gasteiger charge is 2.35. The Balaban J connectivity index is 1.59. The number of likely N-dealkylation sites (tertiary alicyclic amines) is 1. The number of halogens is 1. The van der Waals surface area contributed by atoms with Crippen LogP contribution in [-0.4, -0.2) is 51.6 Å². The molecular weight excluding hydrogens is 419 g/mol. The Morgan fingerprint density at radius 2 is 2.06 bits per heavy atom. The highest BCUT2D eigenvalue weighted by molar-refractivity contribution is 6.05. The molecule has 1 saturated heterocycles. The van der Waals surface area contributed by atoms with Crippen LogP contribution in [0.1, 0.15) is 40.6 Å². The number of anilines is 1. The van der Waals surface area contributed by atoms with E-state index < -0.39 is 0 Å². The van der Waals surface area contributed by atoms with Crippen LogP contribution in [0.25, 0.3) is 22.0 Å². The van der Waals surface area contributed by atoms with E-state index in [0.29, 0.717) is 23.8 Å². The van der Waals surface area contributed by atoms with Crippen molar-refractivity contribution in [3.63, 3.8) is 0 Å². The number of aromatic amines is 1. The zero-order valence-electron chi connectivity index (χ0n) is 18.8. The second kappa shape index (κ2) is 8.27. The molecule has 0 saturated carbocycles. The fourth-order valence-corrected chi connectivity index (χ4v) is 4.45. The molecule has 0 aliphatic carbocycles. The lowest BCUT2D eigenvalue weighted by molar-refractivity contribution is 0.0729. The molecule has 168 valence electrons. The number of H-pyrrole nitrogens is 1. The summed E-state index contributed by atoms with van der Waals surface area (Å²) >= 11 is 0. The van der Waals surface area contributed by atoms with E-state index in [1.54, 1.807) is 12.3 Å². The summed E-state index contributed by atoms with van der Waals surface area (Å²) in [6, 6.07) is 12.0. The fraction of sp³-hybridized carbons (Fsp3) is 0.280. The van der Waals surface area contributed by atoms with Crippen molar-refractivity contribution in [2.75, 3.05) is 25.5 Å². The van der Waals surface area contributed by atoms with Crippen LogP contribution < -0.4 is 4.90 Å². The molecule has 7 nitrogen and oxygen atoms in total. The molecule has 3 heterocycles. The third-order valence-electron chi connectivity index (χ3n) is 6.09. The van der Waals surface area contributed by atoms with Gasteiger partial charge in [0.25, 0.3) is 5.91 Å². The Hall–Kier alpha value is -3.81. The first kappa shape index (κ1) is 21.1. The number of aromatic nitrogens is 4. The van der Waals surface area contributed by atoms with Crippen LogP contribution in [0.3, 0.4) is 0 Å². The van der Waals surface area contributed by atoms with Gasteiger partial charge in [-0.05, 0) is 49.6 Å². The minimum Gasteiger partial charge on any atom is -0.347 e. The lowest BCUT2D eigenvalue weighted by atomic mass is 9.99. The lowest BCUT2D eigenvalue weighted by Crippen LogP contribution is -2.32. The Morgan fingerprint density at radius 1 is 1.21 bits per heavy atom. The molecule has 2 aromatic carbocycles. The summed E-state index contributed by atoms with van der Waals surface area (Å²) in [5, 5.41) is 8.12. The smallest absolute Gasteiger partial charge is 0.275 e. The molecule has 1 atom stereocenters. The summed E-state index contributed by atoms with van der Waals surface area (Å²) in [5.74, 6) is 0.0858. The minimum atomic E-state index is -0.326. The summed E-state index contributed by atoms with van der Waals surface area (Å²) in [7, 11) is 3.74. The zero-order chi connectivity index (χ0) is 23.1. The van der Waals surface area contributed by atoms with Crippen molar-refractivity contribution in [3.8, 4) is 11.1 Å². The Bertz CT molecular complexity index is 1350. The first-order chi connectivity index (χ1) is 15.9. The summed E-state index contributed by atoms with van der Waals surface area (Å²) in [6.45, 7) is 2.60. The molecule has 0 bridgehead atoms. The van der Waals surface area contributed by atoms with Gasteiger partial charge in [-0.2, -0.15) is 5.10 Å². The number of nitrogens with zero attached hydrogens (tertiary/aromatic N) is 5. The van der Waals surface area contributed by atoms with E-state index in [2.05, 4.69) is 15.2 Å². The number of hydrogen-bond acceptors (Lipinski definition) is 5. The van der Waals surface area contributed by atoms with E-state index in [1.165, 1.54) is 12.1 Å². The van der Waals surface area contributed by atoms with Gasteiger partial charge in [0, 0.05) is 37.8 Å². The summed E-state index contributed by atoms with van der Waals surface area (Å²) in [6.07, 6.45) is 3.34. The third kappa shape index (κ3) is 3.82. The molecule has 33 heavy (non-hydrogen) atoms. The standard InChI is InChI=1S/C25H25FN6O/c1-15-9-10-20-18(12-15)23(30-29-20)24(33)32-11-5-8-21(32)22-19(14-27-25(28-22)31(2)3)16-6-4-7-17(26)13-16/h4,6-7,9-10,12-14,21H,5,8,11H2,1-3H3,(H,29,30)/t21-/m1/s1. The average molecular weight is 445 g/mol. The number of hydrogen-bond donors (Lipinski definition) is 1. The summed E-state index contributed by atoms with van der Waals surface area (Å²) < 4.78 is 14.0. The number of amides is 1. The Morgan fingerprint density at radius 3 is 2.85 bits per heavy atom. The van der Waals surface area contributed by atoms with E-state index in [1.807, 2.05) is 55.1 Å². The first-order valence-corrected chi connectivity index (χ1v) is 11.0. The molecule has 1 aliphatic rings. The maximum Gasteiger partial charge on any atom is 0.275 e. The van der Waals surface area contributed by atoms with Gasteiger partial charge in [0.15, 0.2) is 5.69 Å². The number of aryl methyl sites for hydroxylation is 1. The van der Waals surface area contributed by atoms with Gasteiger partial charge in [-0.25, -0.2) is 14.4 Å². The first-order valence-electron chi connectivity index (χ1n) is 11.0. The maximum absolute atomic E-state index is 14.0. The number of rotatable bonds is 4. The molecule has 5 rings (SSSR count). The van der Waals surface area contributed by atoms with Crippen molar-refractivity contribution in [1.82, 2.24) is 25.1 Å². The van der Waals surface area contributed by atoms with Gasteiger partial charge in [0.05, 0.1) is 17.3 Å². The molecule has 1 aliphatic heterocycles. The molecule has 0 radical (unpaired) electrons. The van der Waals surface area contributed by atoms with Crippen LogP contribution in [0.15, 0.2) is 48.7 Å². The van der Waals surface area contributed by atoms with Crippen LogP contribution in [0.5, 0.6) is 0 Å². The van der Waals surface area contributed by atoms with Crippen LogP contribution in [-0.2, 0) is 0 Å². The van der Waals surface area contributed by atoms with Crippen molar-refractivity contribution >= 4 is 22.8 Å². The largest absolute Gasteiger partial charge is 0.347 e. The van der Waals surface area contributed by atoms with Gasteiger partial charge in [0.2, 0.25) is 5.95 Å². The number of benzene rings is 2. The molecule has 2 aromatic heterocycles. The zero-order valence-corrected chi connectivity index (χ0v) is 18.8. The van der Waals surface area contributed by atoms with Gasteiger partial charge in [-0.15, -0.1) is 0 Å². The molecule has 8 heteroatoms. The van der Waals surface area contributed by atoms with Gasteiger partial charge >= 0.3 is 0 Å². The van der Waals surface area contributed by atoms with Crippen LogP contribution in [0.2, 0.25) is 0 Å². The quantitative estimate of drug-likeness (QED) is 0.501. The lowest BCUT2D eigenvalue weighted by Gasteiger charge is -2.26. The van der Waals surface area contributed by atoms with Crippen molar-refractivity contribution in [3.05, 3.63) is 71.4 Å². The second-order valence-electron chi connectivity index (χ2n) is 8.65. The highest BCUT2D eigenvalue weighted by Crippen LogP contribution is 2.38. The van der Waals surface area contributed by atoms with Gasteiger partial charge in [-0.3, -0.25) is 9.89 Å². The average Bonchev–Trinajstić information content (AvgIpc) is 3.45. The van der Waals surface area contributed by atoms with Gasteiger partial charge in [0.1, 0.15) is 5.82 Å². The van der Waals surface area contributed by atoms with Crippen molar-refractivity contribution in [2.45, 2.75) is 25.8 Å². The molecule has 1 amide bonds. The van der Waals surface area contributed by atoms with Crippen molar-refractivity contribution in [2.24, 2.45) is 0 Å². The summed E-state index contributed by atoms with van der Waals surface area (Å²) in [4.78, 5) is 26.6. The van der Waals surface area contributed by atoms with E-state index in [4.69, 9.17) is 4.98 Å². The maximum atomic E-state index is 14.0. The van der Waals surface area contributed by atoms with E-state index >= 15 is 0 Å². The van der Waals surface area contributed by atoms with Crippen LogP contribution in [0, 0.1) is 12.7 Å². The number of carbonyl (C=O) groups is 1. The summed E-state index contributed by atoms with van der Waals surface area (Å²) in [5.41, 5.74) is 4.45. The fourth-order valence-electron chi connectivity index (χ4n) is 4.45. The normalized spacial score (nSPS) is 15.9. The van der Waals surface area contributed by atoms with Gasteiger partial charge < -0.3 is 9.80 Å². The third-order valence-corrected chi connectivity index (χ3v) is 6.09. The molecule has 0 unspecified atom stereocenters. The highest BCUT2D eigenvalue weighted by atomic mass is 19.1. The molecule has 4 aromatic rings. The Labute approximate surface area is 191 Å². The molecule has 0 spiro atoms.